The van der Waals surface area contributed by atoms with Gasteiger partial charge in [-0.15, -0.1) is 0 Å². The average molecular weight is 339 g/mol. The Hall–Kier alpha value is -2.60. The summed E-state index contributed by atoms with van der Waals surface area (Å²) < 4.78 is 1.78. The van der Waals surface area contributed by atoms with Crippen molar-refractivity contribution >= 4 is 39.4 Å². The normalized spacial score (nSPS) is 14.5. The molecule has 0 amide bonds. The van der Waals surface area contributed by atoms with E-state index in [0.717, 1.165) is 46.9 Å². The van der Waals surface area contributed by atoms with Gasteiger partial charge in [-0.25, -0.2) is 9.97 Å². The van der Waals surface area contributed by atoms with Gasteiger partial charge in [-0.05, 0) is 18.2 Å². The Morgan fingerprint density at radius 2 is 2.12 bits per heavy atom. The lowest BCUT2D eigenvalue weighted by molar-refractivity contribution is 0.717. The van der Waals surface area contributed by atoms with Crippen molar-refractivity contribution in [3.05, 3.63) is 47.0 Å². The summed E-state index contributed by atoms with van der Waals surface area (Å²) in [5.74, 6) is 0.940. The zero-order valence-electron chi connectivity index (χ0n) is 13.1. The molecule has 1 aliphatic heterocycles. The summed E-state index contributed by atoms with van der Waals surface area (Å²) in [6.45, 7) is 1.71. The Labute approximate surface area is 143 Å². The number of rotatable bonds is 1. The van der Waals surface area contributed by atoms with Crippen molar-refractivity contribution in [2.45, 2.75) is 13.0 Å². The van der Waals surface area contributed by atoms with Crippen LogP contribution in [-0.4, -0.2) is 31.3 Å². The number of hydrogen-bond donors (Lipinski definition) is 1. The Kier molecular flexibility index (Phi) is 2.84. The van der Waals surface area contributed by atoms with Crippen LogP contribution in [0.15, 0.2) is 30.7 Å². The van der Waals surface area contributed by atoms with Gasteiger partial charge in [0.05, 0.1) is 11.6 Å². The maximum absolute atomic E-state index is 6.19. The molecule has 24 heavy (non-hydrogen) atoms. The zero-order chi connectivity index (χ0) is 16.3. The summed E-state index contributed by atoms with van der Waals surface area (Å²) >= 11 is 6.19. The molecule has 4 heterocycles. The van der Waals surface area contributed by atoms with Crippen LogP contribution in [0.1, 0.15) is 11.3 Å². The molecule has 120 valence electrons. The maximum Gasteiger partial charge on any atom is 0.163 e. The second-order valence-electron chi connectivity index (χ2n) is 6.15. The number of nitrogens with one attached hydrogen (secondary N) is 1. The third-order valence-corrected chi connectivity index (χ3v) is 4.98. The van der Waals surface area contributed by atoms with E-state index in [2.05, 4.69) is 25.0 Å². The van der Waals surface area contributed by atoms with Crippen molar-refractivity contribution in [1.29, 1.82) is 0 Å². The molecule has 1 N–H and O–H groups in total. The first-order valence-electron chi connectivity index (χ1n) is 7.87. The largest absolute Gasteiger partial charge is 0.358 e. The Balaban J connectivity index is 1.63. The van der Waals surface area contributed by atoms with Gasteiger partial charge in [-0.2, -0.15) is 5.10 Å². The highest BCUT2D eigenvalue weighted by molar-refractivity contribution is 6.31. The van der Waals surface area contributed by atoms with Gasteiger partial charge in [0.25, 0.3) is 0 Å². The molecule has 6 nitrogen and oxygen atoms in total. The van der Waals surface area contributed by atoms with Crippen LogP contribution >= 0.6 is 11.6 Å². The molecule has 0 saturated heterocycles. The van der Waals surface area contributed by atoms with Crippen LogP contribution in [-0.2, 0) is 20.0 Å². The molecule has 0 fully saturated rings. The van der Waals surface area contributed by atoms with Crippen molar-refractivity contribution in [3.8, 4) is 0 Å². The van der Waals surface area contributed by atoms with E-state index in [0.29, 0.717) is 0 Å². The minimum absolute atomic E-state index is 0.762. The first kappa shape index (κ1) is 13.8. The number of H-pyrrole nitrogens is 1. The van der Waals surface area contributed by atoms with Gasteiger partial charge in [0.2, 0.25) is 0 Å². The number of hydrogen-bond acceptors (Lipinski definition) is 4. The standard InChI is InChI=1S/C17H15ClN6/c1-23-16-12(7-21-23)17(20-9-19-16)24-5-4-15-13(8-24)11-6-10(18)2-3-14(11)22-15/h2-3,6-7,9,22H,4-5,8H2,1H3. The van der Waals surface area contributed by atoms with Crippen LogP contribution < -0.4 is 4.90 Å². The zero-order valence-corrected chi connectivity index (χ0v) is 13.9. The van der Waals surface area contributed by atoms with Gasteiger partial charge >= 0.3 is 0 Å². The van der Waals surface area contributed by atoms with E-state index in [9.17, 15) is 0 Å². The summed E-state index contributed by atoms with van der Waals surface area (Å²) in [7, 11) is 1.90. The summed E-state index contributed by atoms with van der Waals surface area (Å²) in [6.07, 6.45) is 4.40. The molecule has 0 atom stereocenters. The van der Waals surface area contributed by atoms with E-state index in [1.165, 1.54) is 16.6 Å². The van der Waals surface area contributed by atoms with E-state index < -0.39 is 0 Å². The first-order chi connectivity index (χ1) is 11.7. The van der Waals surface area contributed by atoms with E-state index >= 15 is 0 Å². The maximum atomic E-state index is 6.19. The van der Waals surface area contributed by atoms with Crippen LogP contribution in [0.2, 0.25) is 5.02 Å². The van der Waals surface area contributed by atoms with Gasteiger partial charge < -0.3 is 9.88 Å². The van der Waals surface area contributed by atoms with E-state index in [-0.39, 0.29) is 0 Å². The lowest BCUT2D eigenvalue weighted by atomic mass is 10.0. The minimum atomic E-state index is 0.762. The molecule has 0 bridgehead atoms. The van der Waals surface area contributed by atoms with Gasteiger partial charge in [0, 0.05) is 53.7 Å². The summed E-state index contributed by atoms with van der Waals surface area (Å²) in [4.78, 5) is 14.7. The number of aryl methyl sites for hydroxylation is 1. The lowest BCUT2D eigenvalue weighted by Gasteiger charge is -2.28. The predicted octanol–water partition coefficient (Wildman–Crippen LogP) is 3.06. The van der Waals surface area contributed by atoms with E-state index in [4.69, 9.17) is 11.6 Å². The molecule has 0 radical (unpaired) electrons. The van der Waals surface area contributed by atoms with Crippen LogP contribution in [0.5, 0.6) is 0 Å². The predicted molar refractivity (Wildman–Crippen MR) is 94.4 cm³/mol. The molecule has 7 heteroatoms. The number of halogens is 1. The highest BCUT2D eigenvalue weighted by Crippen LogP contribution is 2.33. The van der Waals surface area contributed by atoms with Crippen molar-refractivity contribution in [1.82, 2.24) is 24.7 Å². The molecule has 0 spiro atoms. The highest BCUT2D eigenvalue weighted by atomic mass is 35.5. The summed E-state index contributed by atoms with van der Waals surface area (Å²) in [6, 6.07) is 6.01. The first-order valence-corrected chi connectivity index (χ1v) is 8.25. The third kappa shape index (κ3) is 1.93. The fraction of sp³-hybridized carbons (Fsp3) is 0.235. The Morgan fingerprint density at radius 3 is 3.04 bits per heavy atom. The van der Waals surface area contributed by atoms with Crippen LogP contribution in [0.25, 0.3) is 21.9 Å². The molecule has 0 saturated carbocycles. The number of aromatic nitrogens is 5. The monoisotopic (exact) mass is 338 g/mol. The SMILES string of the molecule is Cn1ncc2c(N3CCc4[nH]c5ccc(Cl)cc5c4C3)ncnc21. The van der Waals surface area contributed by atoms with E-state index in [1.54, 1.807) is 11.0 Å². The highest BCUT2D eigenvalue weighted by Gasteiger charge is 2.23. The smallest absolute Gasteiger partial charge is 0.163 e. The van der Waals surface area contributed by atoms with Crippen molar-refractivity contribution in [3.63, 3.8) is 0 Å². The second-order valence-corrected chi connectivity index (χ2v) is 6.58. The van der Waals surface area contributed by atoms with Gasteiger partial charge in [0.1, 0.15) is 12.1 Å². The minimum Gasteiger partial charge on any atom is -0.358 e. The van der Waals surface area contributed by atoms with Gasteiger partial charge in [0.15, 0.2) is 5.65 Å². The molecule has 3 aromatic heterocycles. The number of anilines is 1. The molecule has 0 aliphatic carbocycles. The fourth-order valence-corrected chi connectivity index (χ4v) is 3.74. The Bertz CT molecular complexity index is 1080. The van der Waals surface area contributed by atoms with Crippen LogP contribution in [0.3, 0.4) is 0 Å². The molecular formula is C17H15ClN6. The number of fused-ring (bicyclic) bond motifs is 4. The molecule has 0 unspecified atom stereocenters. The summed E-state index contributed by atoms with van der Waals surface area (Å²) in [5, 5.41) is 7.25. The van der Waals surface area contributed by atoms with Crippen LogP contribution in [0.4, 0.5) is 5.82 Å². The average Bonchev–Trinajstić information content (AvgIpc) is 3.15. The second kappa shape index (κ2) is 4.95. The fourth-order valence-electron chi connectivity index (χ4n) is 3.57. The Morgan fingerprint density at radius 1 is 1.21 bits per heavy atom. The van der Waals surface area contributed by atoms with E-state index in [1.807, 2.05) is 31.4 Å². The van der Waals surface area contributed by atoms with Gasteiger partial charge in [-0.3, -0.25) is 4.68 Å². The summed E-state index contributed by atoms with van der Waals surface area (Å²) in [5.41, 5.74) is 4.59. The van der Waals surface area contributed by atoms with Crippen molar-refractivity contribution in [2.24, 2.45) is 7.05 Å². The van der Waals surface area contributed by atoms with Crippen molar-refractivity contribution < 1.29 is 0 Å². The molecular weight excluding hydrogens is 324 g/mol. The van der Waals surface area contributed by atoms with Crippen molar-refractivity contribution in [2.75, 3.05) is 11.4 Å². The molecule has 1 aliphatic rings. The third-order valence-electron chi connectivity index (χ3n) is 4.75. The molecule has 5 rings (SSSR count). The number of aromatic amines is 1. The van der Waals surface area contributed by atoms with Crippen LogP contribution in [0, 0.1) is 0 Å². The lowest BCUT2D eigenvalue weighted by Crippen LogP contribution is -2.31. The molecule has 4 aromatic rings. The quantitative estimate of drug-likeness (QED) is 0.579. The number of nitrogens with zero attached hydrogens (tertiary/aromatic N) is 5. The molecule has 1 aromatic carbocycles. The topological polar surface area (TPSA) is 62.6 Å². The number of benzene rings is 1. The van der Waals surface area contributed by atoms with Gasteiger partial charge in [-0.1, -0.05) is 11.6 Å².